The molecule has 2 N–H and O–H groups in total. The van der Waals surface area contributed by atoms with Gasteiger partial charge in [-0.25, -0.2) is 4.98 Å². The second kappa shape index (κ2) is 8.17. The molecule has 1 aromatic carbocycles. The molecule has 1 atom stereocenters. The van der Waals surface area contributed by atoms with E-state index in [4.69, 9.17) is 16.3 Å². The molecule has 7 heteroatoms. The molecule has 0 fully saturated rings. The summed E-state index contributed by atoms with van der Waals surface area (Å²) in [6.07, 6.45) is 1.00. The van der Waals surface area contributed by atoms with Crippen LogP contribution < -0.4 is 4.74 Å². The predicted molar refractivity (Wildman–Crippen MR) is 92.1 cm³/mol. The van der Waals surface area contributed by atoms with E-state index in [0.29, 0.717) is 17.3 Å². The summed E-state index contributed by atoms with van der Waals surface area (Å²) in [6, 6.07) is 5.25. The first-order valence-electron chi connectivity index (χ1n) is 7.73. The molecule has 0 radical (unpaired) electrons. The smallest absolute Gasteiger partial charge is 0.263 e. The normalized spacial score (nSPS) is 12.0. The molecule has 1 aromatic heterocycles. The molecule has 2 rings (SSSR count). The lowest BCUT2D eigenvalue weighted by Crippen LogP contribution is -2.41. The van der Waals surface area contributed by atoms with Gasteiger partial charge >= 0.3 is 0 Å². The summed E-state index contributed by atoms with van der Waals surface area (Å²) in [5.74, 6) is 1.19. The highest BCUT2D eigenvalue weighted by atomic mass is 35.5. The van der Waals surface area contributed by atoms with Gasteiger partial charge in [-0.05, 0) is 44.5 Å². The highest BCUT2D eigenvalue weighted by molar-refractivity contribution is 6.30. The van der Waals surface area contributed by atoms with E-state index in [9.17, 15) is 9.90 Å². The number of rotatable bonds is 7. The quantitative estimate of drug-likeness (QED) is 0.803. The summed E-state index contributed by atoms with van der Waals surface area (Å²) >= 11 is 5.93. The van der Waals surface area contributed by atoms with Crippen LogP contribution in [0.1, 0.15) is 24.0 Å². The minimum Gasteiger partial charge on any atom is -0.481 e. The fourth-order valence-electron chi connectivity index (χ4n) is 2.39. The molecular formula is C17H22ClN3O3. The average Bonchev–Trinajstić information content (AvgIpc) is 2.94. The van der Waals surface area contributed by atoms with E-state index in [1.54, 1.807) is 36.2 Å². The Balaban J connectivity index is 2.07. The predicted octanol–water partition coefficient (Wildman–Crippen LogP) is 2.47. The third-order valence-corrected chi connectivity index (χ3v) is 3.82. The van der Waals surface area contributed by atoms with E-state index in [0.717, 1.165) is 17.1 Å². The van der Waals surface area contributed by atoms with Gasteiger partial charge in [0.1, 0.15) is 11.6 Å². The number of amides is 1. The highest BCUT2D eigenvalue weighted by Crippen LogP contribution is 2.23. The molecule has 0 saturated heterocycles. The second-order valence-electron chi connectivity index (χ2n) is 5.65. The molecule has 0 spiro atoms. The number of benzene rings is 1. The Morgan fingerprint density at radius 1 is 1.46 bits per heavy atom. The number of aromatic nitrogens is 2. The van der Waals surface area contributed by atoms with Crippen molar-refractivity contribution in [2.24, 2.45) is 0 Å². The molecule has 6 nitrogen and oxygen atoms in total. The summed E-state index contributed by atoms with van der Waals surface area (Å²) in [7, 11) is 0. The largest absolute Gasteiger partial charge is 0.481 e. The summed E-state index contributed by atoms with van der Waals surface area (Å²) in [4.78, 5) is 21.4. The zero-order chi connectivity index (χ0) is 17.7. The SMILES string of the molecule is Cc1ncc(CN(CCO)C(=O)C(C)Oc2ccc(Cl)cc2C)[nH]1. The van der Waals surface area contributed by atoms with Gasteiger partial charge in [0.15, 0.2) is 6.10 Å². The minimum absolute atomic E-state index is 0.119. The molecule has 1 amide bonds. The van der Waals surface area contributed by atoms with Crippen molar-refractivity contribution in [3.05, 3.63) is 46.5 Å². The third-order valence-electron chi connectivity index (χ3n) is 3.59. The molecule has 0 aliphatic carbocycles. The average molecular weight is 352 g/mol. The van der Waals surface area contributed by atoms with E-state index >= 15 is 0 Å². The van der Waals surface area contributed by atoms with Crippen LogP contribution in [0.2, 0.25) is 5.02 Å². The summed E-state index contributed by atoms with van der Waals surface area (Å²) in [5.41, 5.74) is 1.67. The van der Waals surface area contributed by atoms with Gasteiger partial charge < -0.3 is 19.7 Å². The van der Waals surface area contributed by atoms with Crippen LogP contribution >= 0.6 is 11.6 Å². The van der Waals surface area contributed by atoms with Gasteiger partial charge in [-0.15, -0.1) is 0 Å². The lowest BCUT2D eigenvalue weighted by molar-refractivity contribution is -0.139. The standard InChI is InChI=1S/C17H22ClN3O3/c1-11-8-14(18)4-5-16(11)24-12(2)17(23)21(6-7-22)10-15-9-19-13(3)20-15/h4-5,8-9,12,22H,6-7,10H2,1-3H3,(H,19,20). The van der Waals surface area contributed by atoms with Crippen LogP contribution in [0.25, 0.3) is 0 Å². The molecule has 0 bridgehead atoms. The number of aromatic amines is 1. The maximum Gasteiger partial charge on any atom is 0.263 e. The molecule has 2 aromatic rings. The van der Waals surface area contributed by atoms with Crippen LogP contribution in [0.3, 0.4) is 0 Å². The van der Waals surface area contributed by atoms with Crippen molar-refractivity contribution in [1.82, 2.24) is 14.9 Å². The van der Waals surface area contributed by atoms with Crippen LogP contribution in [0, 0.1) is 13.8 Å². The van der Waals surface area contributed by atoms with Crippen LogP contribution in [-0.2, 0) is 11.3 Å². The van der Waals surface area contributed by atoms with Crippen molar-refractivity contribution in [1.29, 1.82) is 0 Å². The fourth-order valence-corrected chi connectivity index (χ4v) is 2.62. The third kappa shape index (κ3) is 4.72. The van der Waals surface area contributed by atoms with Gasteiger partial charge in [-0.2, -0.15) is 0 Å². The zero-order valence-electron chi connectivity index (χ0n) is 14.0. The van der Waals surface area contributed by atoms with E-state index in [1.807, 2.05) is 13.8 Å². The van der Waals surface area contributed by atoms with Crippen molar-refractivity contribution in [2.45, 2.75) is 33.4 Å². The lowest BCUT2D eigenvalue weighted by Gasteiger charge is -2.25. The van der Waals surface area contributed by atoms with E-state index in [1.165, 1.54) is 0 Å². The summed E-state index contributed by atoms with van der Waals surface area (Å²) in [5, 5.41) is 9.86. The molecule has 0 aliphatic heterocycles. The number of carbonyl (C=O) groups excluding carboxylic acids is 1. The van der Waals surface area contributed by atoms with Gasteiger partial charge in [0.05, 0.1) is 25.0 Å². The Kier molecular flexibility index (Phi) is 6.23. The van der Waals surface area contributed by atoms with Crippen LogP contribution in [-0.4, -0.2) is 45.1 Å². The van der Waals surface area contributed by atoms with E-state index in [2.05, 4.69) is 9.97 Å². The number of nitrogens with one attached hydrogen (secondary N) is 1. The van der Waals surface area contributed by atoms with Crippen molar-refractivity contribution in [3.63, 3.8) is 0 Å². The number of halogens is 1. The first kappa shape index (κ1) is 18.3. The number of hydrogen-bond donors (Lipinski definition) is 2. The number of H-pyrrole nitrogens is 1. The molecular weight excluding hydrogens is 330 g/mol. The molecule has 1 heterocycles. The number of hydrogen-bond acceptors (Lipinski definition) is 4. The topological polar surface area (TPSA) is 78.4 Å². The number of aliphatic hydroxyl groups is 1. The van der Waals surface area contributed by atoms with Crippen molar-refractivity contribution < 1.29 is 14.6 Å². The fraction of sp³-hybridized carbons (Fsp3) is 0.412. The van der Waals surface area contributed by atoms with Gasteiger partial charge in [0, 0.05) is 11.6 Å². The first-order chi connectivity index (χ1) is 11.4. The van der Waals surface area contributed by atoms with Gasteiger partial charge in [-0.3, -0.25) is 4.79 Å². The van der Waals surface area contributed by atoms with E-state index in [-0.39, 0.29) is 19.1 Å². The number of carbonyl (C=O) groups is 1. The monoisotopic (exact) mass is 351 g/mol. The molecule has 0 aliphatic rings. The molecule has 24 heavy (non-hydrogen) atoms. The maximum absolute atomic E-state index is 12.7. The van der Waals surface area contributed by atoms with Crippen LogP contribution in [0.15, 0.2) is 24.4 Å². The Morgan fingerprint density at radius 3 is 2.79 bits per heavy atom. The Bertz CT molecular complexity index is 702. The Hall–Kier alpha value is -2.05. The second-order valence-corrected chi connectivity index (χ2v) is 6.08. The zero-order valence-corrected chi connectivity index (χ0v) is 14.8. The Labute approximate surface area is 146 Å². The van der Waals surface area contributed by atoms with Gasteiger partial charge in [-0.1, -0.05) is 11.6 Å². The molecule has 130 valence electrons. The number of ether oxygens (including phenoxy) is 1. The number of nitrogens with zero attached hydrogens (tertiary/aromatic N) is 2. The van der Waals surface area contributed by atoms with Crippen molar-refractivity contribution in [2.75, 3.05) is 13.2 Å². The Morgan fingerprint density at radius 2 is 2.21 bits per heavy atom. The summed E-state index contributed by atoms with van der Waals surface area (Å²) < 4.78 is 5.77. The first-order valence-corrected chi connectivity index (χ1v) is 8.11. The summed E-state index contributed by atoms with van der Waals surface area (Å²) in [6.45, 7) is 5.86. The van der Waals surface area contributed by atoms with Crippen LogP contribution in [0.5, 0.6) is 5.75 Å². The van der Waals surface area contributed by atoms with Crippen LogP contribution in [0.4, 0.5) is 0 Å². The number of aryl methyl sites for hydroxylation is 2. The van der Waals surface area contributed by atoms with Gasteiger partial charge in [0.2, 0.25) is 0 Å². The highest BCUT2D eigenvalue weighted by Gasteiger charge is 2.23. The molecule has 1 unspecified atom stereocenters. The number of aliphatic hydroxyl groups excluding tert-OH is 1. The van der Waals surface area contributed by atoms with E-state index < -0.39 is 6.10 Å². The molecule has 0 saturated carbocycles. The minimum atomic E-state index is -0.680. The lowest BCUT2D eigenvalue weighted by atomic mass is 10.2. The van der Waals surface area contributed by atoms with Gasteiger partial charge in [0.25, 0.3) is 5.91 Å². The van der Waals surface area contributed by atoms with Crippen molar-refractivity contribution >= 4 is 17.5 Å². The van der Waals surface area contributed by atoms with Crippen molar-refractivity contribution in [3.8, 4) is 5.75 Å². The number of imidazole rings is 1. The maximum atomic E-state index is 12.7.